The van der Waals surface area contributed by atoms with Crippen molar-refractivity contribution in [3.8, 4) is 0 Å². The molecule has 5 aromatic heterocycles. The predicted molar refractivity (Wildman–Crippen MR) is 184 cm³/mol. The molecular formula is C34H38N10O5. The fourth-order valence-electron chi connectivity index (χ4n) is 5.75. The summed E-state index contributed by atoms with van der Waals surface area (Å²) in [5.41, 5.74) is 4.02. The van der Waals surface area contributed by atoms with E-state index in [4.69, 9.17) is 4.74 Å². The number of pyridine rings is 2. The Kier molecular flexibility index (Phi) is 9.55. The Morgan fingerprint density at radius 1 is 0.755 bits per heavy atom. The van der Waals surface area contributed by atoms with Crippen LogP contribution in [0.2, 0.25) is 0 Å². The number of nitrogens with one attached hydrogen (secondary N) is 4. The lowest BCUT2D eigenvalue weighted by atomic mass is 10.1. The minimum absolute atomic E-state index is 0.234. The zero-order valence-electron chi connectivity index (χ0n) is 27.7. The van der Waals surface area contributed by atoms with Crippen molar-refractivity contribution in [2.24, 2.45) is 21.1 Å². The Labute approximate surface area is 282 Å². The molecule has 0 unspecified atom stereocenters. The third-order valence-corrected chi connectivity index (χ3v) is 8.35. The van der Waals surface area contributed by atoms with Crippen molar-refractivity contribution >= 4 is 51.6 Å². The van der Waals surface area contributed by atoms with Crippen LogP contribution in [0.5, 0.6) is 0 Å². The quantitative estimate of drug-likeness (QED) is 0.176. The number of anilines is 3. The van der Waals surface area contributed by atoms with Crippen molar-refractivity contribution in [1.82, 2.24) is 33.9 Å². The van der Waals surface area contributed by atoms with Crippen LogP contribution in [-0.2, 0) is 25.9 Å². The highest BCUT2D eigenvalue weighted by Gasteiger charge is 2.20. The van der Waals surface area contributed by atoms with E-state index >= 15 is 0 Å². The molecule has 6 rings (SSSR count). The van der Waals surface area contributed by atoms with E-state index in [1.807, 2.05) is 0 Å². The van der Waals surface area contributed by atoms with Crippen molar-refractivity contribution in [2.75, 3.05) is 55.3 Å². The average Bonchev–Trinajstić information content (AvgIpc) is 3.75. The maximum absolute atomic E-state index is 13.2. The molecule has 0 aromatic carbocycles. The number of morpholine rings is 1. The highest BCUT2D eigenvalue weighted by Crippen LogP contribution is 2.21. The molecule has 6 heterocycles. The van der Waals surface area contributed by atoms with Crippen molar-refractivity contribution in [1.29, 1.82) is 0 Å². The maximum atomic E-state index is 13.2. The summed E-state index contributed by atoms with van der Waals surface area (Å²) >= 11 is 0. The molecule has 0 bridgehead atoms. The van der Waals surface area contributed by atoms with E-state index < -0.39 is 11.8 Å². The topological polar surface area (TPSA) is 169 Å². The molecule has 15 heteroatoms. The summed E-state index contributed by atoms with van der Waals surface area (Å²) in [4.78, 5) is 63.1. The van der Waals surface area contributed by atoms with Gasteiger partial charge in [0.25, 0.3) is 23.6 Å². The van der Waals surface area contributed by atoms with E-state index in [9.17, 15) is 19.2 Å². The Hall–Kier alpha value is -5.80. The number of amides is 4. The Balaban J connectivity index is 1.06. The number of nitrogens with zero attached hydrogens (tertiary/aromatic N) is 6. The van der Waals surface area contributed by atoms with E-state index in [1.54, 1.807) is 103 Å². The molecule has 15 nitrogen and oxygen atoms in total. The van der Waals surface area contributed by atoms with Gasteiger partial charge in [-0.15, -0.1) is 0 Å². The first-order valence-electron chi connectivity index (χ1n) is 15.8. The van der Waals surface area contributed by atoms with Crippen LogP contribution in [0.4, 0.5) is 17.1 Å². The molecule has 1 saturated heterocycles. The van der Waals surface area contributed by atoms with Crippen LogP contribution in [0.25, 0.3) is 10.9 Å². The van der Waals surface area contributed by atoms with E-state index in [2.05, 4.69) is 36.1 Å². The Bertz CT molecular complexity index is 2050. The average molecular weight is 667 g/mol. The second-order valence-electron chi connectivity index (χ2n) is 11.9. The summed E-state index contributed by atoms with van der Waals surface area (Å²) in [5, 5.41) is 12.2. The number of carbonyl (C=O) groups excluding carboxylic acids is 4. The molecule has 0 spiro atoms. The largest absolute Gasteiger partial charge is 0.379 e. The molecule has 5 aromatic rings. The third-order valence-electron chi connectivity index (χ3n) is 8.35. The summed E-state index contributed by atoms with van der Waals surface area (Å²) in [5.74, 6) is -1.43. The first kappa shape index (κ1) is 33.1. The van der Waals surface area contributed by atoms with E-state index in [0.29, 0.717) is 65.2 Å². The third kappa shape index (κ3) is 7.52. The normalized spacial score (nSPS) is 13.3. The minimum Gasteiger partial charge on any atom is -0.379 e. The summed E-state index contributed by atoms with van der Waals surface area (Å²) < 4.78 is 10.2. The number of aromatic nitrogens is 5. The lowest BCUT2D eigenvalue weighted by Gasteiger charge is -2.26. The number of ether oxygens (including phenoxy) is 1. The van der Waals surface area contributed by atoms with Crippen molar-refractivity contribution in [2.45, 2.75) is 6.92 Å². The highest BCUT2D eigenvalue weighted by molar-refractivity contribution is 6.09. The highest BCUT2D eigenvalue weighted by atomic mass is 16.5. The number of aryl methyl sites for hydroxylation is 4. The molecule has 0 radical (unpaired) electrons. The van der Waals surface area contributed by atoms with Gasteiger partial charge in [0, 0.05) is 83.7 Å². The molecule has 4 N–H and O–H groups in total. The summed E-state index contributed by atoms with van der Waals surface area (Å²) in [6, 6.07) is 8.27. The molecule has 4 amide bonds. The second kappa shape index (κ2) is 14.1. The van der Waals surface area contributed by atoms with Crippen LogP contribution in [-0.4, -0.2) is 91.6 Å². The zero-order valence-corrected chi connectivity index (χ0v) is 27.7. The lowest BCUT2D eigenvalue weighted by Crippen LogP contribution is -2.41. The van der Waals surface area contributed by atoms with Gasteiger partial charge in [0.05, 0.1) is 47.1 Å². The van der Waals surface area contributed by atoms with Crippen molar-refractivity contribution in [3.05, 3.63) is 89.7 Å². The summed E-state index contributed by atoms with van der Waals surface area (Å²) in [6.07, 6.45) is 8.23. The number of rotatable bonds is 10. The van der Waals surface area contributed by atoms with E-state index in [1.165, 1.54) is 0 Å². The molecule has 0 saturated carbocycles. The minimum atomic E-state index is -0.428. The smallest absolute Gasteiger partial charge is 0.272 e. The molecule has 1 aliphatic rings. The summed E-state index contributed by atoms with van der Waals surface area (Å²) in [6.45, 7) is 6.08. The fourth-order valence-corrected chi connectivity index (χ4v) is 5.75. The molecule has 1 aliphatic heterocycles. The first-order chi connectivity index (χ1) is 23.5. The van der Waals surface area contributed by atoms with Gasteiger partial charge in [-0.25, -0.2) is 0 Å². The lowest BCUT2D eigenvalue weighted by molar-refractivity contribution is 0.0383. The number of fused-ring (bicyclic) bond motifs is 1. The summed E-state index contributed by atoms with van der Waals surface area (Å²) in [7, 11) is 5.13. The van der Waals surface area contributed by atoms with Crippen LogP contribution in [0.1, 0.15) is 47.5 Å². The molecule has 254 valence electrons. The molecular weight excluding hydrogens is 628 g/mol. The standard InChI is InChI=1S/C34H38N10O5/c1-21-26(13-22-17-35-6-5-27(22)37-21)31(45)38-23-15-29(42(3)18-23)33(47)40-25-16-30(43(4)20-25)34(48)39-24-14-28(41(2)19-24)32(46)36-7-8-44-9-11-49-12-10-44/h5-6,13-20H,7-12H2,1-4H3,(H,36,46)(H,38,45)(H,39,48)(H,40,47). The van der Waals surface area contributed by atoms with Crippen molar-refractivity contribution < 1.29 is 23.9 Å². The van der Waals surface area contributed by atoms with Crippen LogP contribution >= 0.6 is 0 Å². The van der Waals surface area contributed by atoms with Gasteiger partial charge >= 0.3 is 0 Å². The van der Waals surface area contributed by atoms with Crippen molar-refractivity contribution in [3.63, 3.8) is 0 Å². The Morgan fingerprint density at radius 3 is 1.86 bits per heavy atom. The van der Waals surface area contributed by atoms with Gasteiger partial charge in [-0.3, -0.25) is 34.0 Å². The van der Waals surface area contributed by atoms with Gasteiger partial charge in [0.15, 0.2) is 0 Å². The Morgan fingerprint density at radius 2 is 1.29 bits per heavy atom. The van der Waals surface area contributed by atoms with Crippen LogP contribution in [0.3, 0.4) is 0 Å². The molecule has 0 atom stereocenters. The first-order valence-corrected chi connectivity index (χ1v) is 15.8. The monoisotopic (exact) mass is 666 g/mol. The van der Waals surface area contributed by atoms with E-state index in [-0.39, 0.29) is 11.8 Å². The zero-order chi connectivity index (χ0) is 34.7. The maximum Gasteiger partial charge on any atom is 0.272 e. The fraction of sp³-hybridized carbons (Fsp3) is 0.294. The van der Waals surface area contributed by atoms with Gasteiger partial charge in [-0.1, -0.05) is 0 Å². The number of hydrogen-bond acceptors (Lipinski definition) is 8. The number of hydrogen-bond donors (Lipinski definition) is 4. The van der Waals surface area contributed by atoms with E-state index in [0.717, 1.165) is 30.5 Å². The predicted octanol–water partition coefficient (Wildman–Crippen LogP) is 2.77. The molecule has 0 aliphatic carbocycles. The van der Waals surface area contributed by atoms with Gasteiger partial charge in [0.2, 0.25) is 0 Å². The van der Waals surface area contributed by atoms with Gasteiger partial charge in [0.1, 0.15) is 17.1 Å². The van der Waals surface area contributed by atoms with Gasteiger partial charge in [-0.2, -0.15) is 0 Å². The molecule has 1 fully saturated rings. The molecule has 49 heavy (non-hydrogen) atoms. The van der Waals surface area contributed by atoms with Crippen LogP contribution < -0.4 is 21.3 Å². The SMILES string of the molecule is Cc1nc2ccncc2cc1C(=O)Nc1cc(C(=O)Nc2cc(C(=O)Nc3cc(C(=O)NCCN4CCOCC4)n(C)c3)n(C)c2)n(C)c1. The second-order valence-corrected chi connectivity index (χ2v) is 11.9. The number of carbonyl (C=O) groups is 4. The van der Waals surface area contributed by atoms with Crippen LogP contribution in [0.15, 0.2) is 61.3 Å². The van der Waals surface area contributed by atoms with Gasteiger partial charge < -0.3 is 39.7 Å². The van der Waals surface area contributed by atoms with Crippen LogP contribution in [0, 0.1) is 6.92 Å². The van der Waals surface area contributed by atoms with Gasteiger partial charge in [-0.05, 0) is 37.3 Å².